The molecule has 0 radical (unpaired) electrons. The van der Waals surface area contributed by atoms with Gasteiger partial charge in [0, 0.05) is 11.1 Å². The quantitative estimate of drug-likeness (QED) is 0.775. The van der Waals surface area contributed by atoms with Gasteiger partial charge < -0.3 is 15.3 Å². The monoisotopic (exact) mass is 310 g/mol. The average molecular weight is 310 g/mol. The minimum atomic E-state index is -0.537. The summed E-state index contributed by atoms with van der Waals surface area (Å²) in [6.07, 6.45) is 0. The Morgan fingerprint density at radius 3 is 2.30 bits per heavy atom. The van der Waals surface area contributed by atoms with Crippen molar-refractivity contribution in [2.75, 3.05) is 12.4 Å². The number of nitrogens with zero attached hydrogens (tertiary/aromatic N) is 1. The number of anilines is 1. The average Bonchev–Trinajstić information content (AvgIpc) is 2.56. The van der Waals surface area contributed by atoms with Crippen LogP contribution in [0.25, 0.3) is 10.8 Å². The molecule has 1 aromatic heterocycles. The van der Waals surface area contributed by atoms with E-state index in [1.165, 1.54) is 7.11 Å². The second kappa shape index (κ2) is 5.84. The lowest BCUT2D eigenvalue weighted by molar-refractivity contribution is 0.100. The molecule has 0 saturated heterocycles. The summed E-state index contributed by atoms with van der Waals surface area (Å²) in [7, 11) is 1.24. The zero-order valence-electron chi connectivity index (χ0n) is 12.3. The zero-order chi connectivity index (χ0) is 16.4. The number of benzene rings is 2. The lowest BCUT2D eigenvalue weighted by Gasteiger charge is -2.13. The number of carbonyl (C=O) groups excluding carboxylic acids is 1. The number of fused-ring (bicyclic) bond motifs is 1. The van der Waals surface area contributed by atoms with Crippen LogP contribution in [0.3, 0.4) is 0 Å². The summed E-state index contributed by atoms with van der Waals surface area (Å²) in [5.41, 5.74) is 0.0268. The number of aromatic hydroxyl groups is 1. The van der Waals surface area contributed by atoms with Crippen molar-refractivity contribution in [2.24, 2.45) is 0 Å². The van der Waals surface area contributed by atoms with E-state index in [9.17, 15) is 14.7 Å². The maximum Gasteiger partial charge on any atom is 0.294 e. The Bertz CT molecular complexity index is 932. The number of para-hydroxylation sites is 1. The SMILES string of the molecule is COn1c(O)c(C(=O)Nc2ccccc2)c2ccccc2c1=O. The number of hydrogen-bond donors (Lipinski definition) is 2. The van der Waals surface area contributed by atoms with Crippen LogP contribution in [0.5, 0.6) is 5.88 Å². The van der Waals surface area contributed by atoms with E-state index in [2.05, 4.69) is 5.32 Å². The van der Waals surface area contributed by atoms with Crippen molar-refractivity contribution in [1.82, 2.24) is 4.73 Å². The molecule has 0 aliphatic carbocycles. The van der Waals surface area contributed by atoms with E-state index in [1.54, 1.807) is 48.5 Å². The molecule has 1 amide bonds. The van der Waals surface area contributed by atoms with Crippen molar-refractivity contribution in [3.05, 3.63) is 70.5 Å². The highest BCUT2D eigenvalue weighted by Gasteiger charge is 2.22. The van der Waals surface area contributed by atoms with Crippen LogP contribution in [0.2, 0.25) is 0 Å². The molecule has 23 heavy (non-hydrogen) atoms. The number of aromatic nitrogens is 1. The van der Waals surface area contributed by atoms with Crippen LogP contribution in [-0.2, 0) is 0 Å². The van der Waals surface area contributed by atoms with Gasteiger partial charge in [-0.25, -0.2) is 0 Å². The first-order valence-electron chi connectivity index (χ1n) is 6.91. The van der Waals surface area contributed by atoms with E-state index in [0.717, 1.165) is 0 Å². The normalized spacial score (nSPS) is 10.5. The molecule has 2 N–H and O–H groups in total. The number of amides is 1. The van der Waals surface area contributed by atoms with Crippen LogP contribution in [0.1, 0.15) is 10.4 Å². The standard InChI is InChI=1S/C17H14N2O4/c1-23-19-16(21)13-10-6-5-9-12(13)14(17(19)22)15(20)18-11-7-3-2-4-8-11/h2-10,22H,1H3,(H,18,20). The lowest BCUT2D eigenvalue weighted by atomic mass is 10.1. The van der Waals surface area contributed by atoms with Gasteiger partial charge in [-0.1, -0.05) is 36.4 Å². The Balaban J connectivity index is 2.20. The molecular formula is C17H14N2O4. The molecule has 1 heterocycles. The van der Waals surface area contributed by atoms with Crippen molar-refractivity contribution in [3.63, 3.8) is 0 Å². The van der Waals surface area contributed by atoms with Gasteiger partial charge in [0.05, 0.1) is 5.39 Å². The van der Waals surface area contributed by atoms with Gasteiger partial charge in [-0.3, -0.25) is 9.59 Å². The van der Waals surface area contributed by atoms with Gasteiger partial charge in [0.2, 0.25) is 5.88 Å². The second-order valence-corrected chi connectivity index (χ2v) is 4.85. The first-order chi connectivity index (χ1) is 11.1. The highest BCUT2D eigenvalue weighted by Crippen LogP contribution is 2.25. The topological polar surface area (TPSA) is 80.6 Å². The molecule has 2 aromatic carbocycles. The Kier molecular flexibility index (Phi) is 3.72. The number of carbonyl (C=O) groups is 1. The van der Waals surface area contributed by atoms with E-state index >= 15 is 0 Å². The Labute approximate surface area is 131 Å². The van der Waals surface area contributed by atoms with Crippen LogP contribution in [0, 0.1) is 0 Å². The van der Waals surface area contributed by atoms with E-state index < -0.39 is 17.3 Å². The molecular weight excluding hydrogens is 296 g/mol. The highest BCUT2D eigenvalue weighted by molar-refractivity contribution is 6.14. The third kappa shape index (κ3) is 2.50. The van der Waals surface area contributed by atoms with Crippen LogP contribution in [0.15, 0.2) is 59.4 Å². The Hall–Kier alpha value is -3.28. The summed E-state index contributed by atoms with van der Waals surface area (Å²) in [4.78, 5) is 29.7. The van der Waals surface area contributed by atoms with Gasteiger partial charge in [-0.2, -0.15) is 0 Å². The molecule has 0 spiro atoms. The molecule has 3 rings (SSSR count). The lowest BCUT2D eigenvalue weighted by Crippen LogP contribution is -2.28. The minimum absolute atomic E-state index is 0.0223. The number of hydrogen-bond acceptors (Lipinski definition) is 4. The van der Waals surface area contributed by atoms with Crippen LogP contribution in [0.4, 0.5) is 5.69 Å². The zero-order valence-corrected chi connectivity index (χ0v) is 12.3. The summed E-state index contributed by atoms with van der Waals surface area (Å²) in [5.74, 6) is -1.07. The summed E-state index contributed by atoms with van der Waals surface area (Å²) < 4.78 is 0.697. The molecule has 0 fully saturated rings. The van der Waals surface area contributed by atoms with E-state index in [0.29, 0.717) is 15.8 Å². The molecule has 0 aliphatic rings. The molecule has 3 aromatic rings. The fraction of sp³-hybridized carbons (Fsp3) is 0.0588. The number of rotatable bonds is 3. The van der Waals surface area contributed by atoms with Crippen LogP contribution < -0.4 is 15.7 Å². The van der Waals surface area contributed by atoms with Gasteiger partial charge >= 0.3 is 0 Å². The van der Waals surface area contributed by atoms with Crippen molar-refractivity contribution >= 4 is 22.4 Å². The summed E-state index contributed by atoms with van der Waals surface area (Å²) in [6.45, 7) is 0. The molecule has 6 heteroatoms. The highest BCUT2D eigenvalue weighted by atomic mass is 16.7. The largest absolute Gasteiger partial charge is 0.492 e. The van der Waals surface area contributed by atoms with Crippen LogP contribution in [-0.4, -0.2) is 22.9 Å². The first-order valence-corrected chi connectivity index (χ1v) is 6.91. The van der Waals surface area contributed by atoms with E-state index in [4.69, 9.17) is 4.84 Å². The molecule has 0 bridgehead atoms. The Morgan fingerprint density at radius 1 is 1.04 bits per heavy atom. The van der Waals surface area contributed by atoms with Gasteiger partial charge in [-0.15, -0.1) is 4.73 Å². The predicted molar refractivity (Wildman–Crippen MR) is 86.8 cm³/mol. The number of nitrogens with one attached hydrogen (secondary N) is 1. The number of pyridine rings is 1. The summed E-state index contributed by atoms with van der Waals surface area (Å²) in [6, 6.07) is 15.4. The molecule has 6 nitrogen and oxygen atoms in total. The van der Waals surface area contributed by atoms with Crippen LogP contribution >= 0.6 is 0 Å². The predicted octanol–water partition coefficient (Wildman–Crippen LogP) is 2.02. The van der Waals surface area contributed by atoms with E-state index in [-0.39, 0.29) is 10.9 Å². The maximum absolute atomic E-state index is 12.6. The van der Waals surface area contributed by atoms with Gasteiger partial charge in [-0.05, 0) is 18.2 Å². The third-order valence-corrected chi connectivity index (χ3v) is 3.47. The molecule has 116 valence electrons. The smallest absolute Gasteiger partial charge is 0.294 e. The molecule has 0 atom stereocenters. The second-order valence-electron chi connectivity index (χ2n) is 4.85. The van der Waals surface area contributed by atoms with Gasteiger partial charge in [0.25, 0.3) is 11.5 Å². The molecule has 0 unspecified atom stereocenters. The molecule has 0 aliphatic heterocycles. The van der Waals surface area contributed by atoms with Crippen molar-refractivity contribution < 1.29 is 14.7 Å². The van der Waals surface area contributed by atoms with Crippen molar-refractivity contribution in [2.45, 2.75) is 0 Å². The van der Waals surface area contributed by atoms with Crippen molar-refractivity contribution in [3.8, 4) is 5.88 Å². The summed E-state index contributed by atoms with van der Waals surface area (Å²) in [5, 5.41) is 13.6. The maximum atomic E-state index is 12.6. The minimum Gasteiger partial charge on any atom is -0.492 e. The fourth-order valence-electron chi connectivity index (χ4n) is 2.42. The third-order valence-electron chi connectivity index (χ3n) is 3.47. The van der Waals surface area contributed by atoms with Crippen molar-refractivity contribution in [1.29, 1.82) is 0 Å². The summed E-state index contributed by atoms with van der Waals surface area (Å²) >= 11 is 0. The Morgan fingerprint density at radius 2 is 1.65 bits per heavy atom. The fourth-order valence-corrected chi connectivity index (χ4v) is 2.42. The van der Waals surface area contributed by atoms with Gasteiger partial charge in [0.1, 0.15) is 12.7 Å². The first kappa shape index (κ1) is 14.6. The molecule has 0 saturated carbocycles. The van der Waals surface area contributed by atoms with E-state index in [1.807, 2.05) is 6.07 Å². The van der Waals surface area contributed by atoms with Gasteiger partial charge in [0.15, 0.2) is 0 Å².